The first-order chi connectivity index (χ1) is 7.86. The molecule has 2 nitrogen and oxygen atoms in total. The number of fused-ring (bicyclic) bond motifs is 1. The average molecular weight is 312 g/mol. The number of rotatable bonds is 1. The molecule has 0 spiro atoms. The topological polar surface area (TPSA) is 6.48 Å². The fourth-order valence-corrected chi connectivity index (χ4v) is 2.13. The van der Waals surface area contributed by atoms with Gasteiger partial charge >= 0.3 is 0 Å². The Bertz CT molecular complexity index is 488. The number of benzene rings is 1. The van der Waals surface area contributed by atoms with Crippen LogP contribution in [0.2, 0.25) is 0 Å². The van der Waals surface area contributed by atoms with Crippen molar-refractivity contribution in [1.29, 1.82) is 0 Å². The zero-order valence-corrected chi connectivity index (χ0v) is 11.1. The number of hydrogen-bond acceptors (Lipinski definition) is 2. The minimum absolute atomic E-state index is 0. The smallest absolute Gasteiger partial charge is 0.0374 e. The quantitative estimate of drug-likeness (QED) is 0.581. The molecule has 0 saturated carbocycles. The molecule has 1 aromatic rings. The molecule has 17 heavy (non-hydrogen) atoms. The zero-order chi connectivity index (χ0) is 11.0. The van der Waals surface area contributed by atoms with Crippen LogP contribution in [0.5, 0.6) is 0 Å². The summed E-state index contributed by atoms with van der Waals surface area (Å²) in [6.45, 7) is 2.09. The van der Waals surface area contributed by atoms with Crippen molar-refractivity contribution < 1.29 is 19.5 Å². The van der Waals surface area contributed by atoms with E-state index in [1.807, 2.05) is 12.1 Å². The van der Waals surface area contributed by atoms with Gasteiger partial charge in [0, 0.05) is 30.9 Å². The van der Waals surface area contributed by atoms with Crippen LogP contribution in [0.15, 0.2) is 60.5 Å². The molecule has 1 radical (unpaired) electrons. The molecule has 1 aromatic carbocycles. The van der Waals surface area contributed by atoms with Gasteiger partial charge in [-0.2, -0.15) is 6.67 Å². The van der Waals surface area contributed by atoms with Crippen LogP contribution >= 0.6 is 0 Å². The maximum absolute atomic E-state index is 2.16. The Hall–Kier alpha value is -1.34. The third kappa shape index (κ3) is 2.07. The Kier molecular flexibility index (Phi) is 3.49. The Balaban J connectivity index is 0.00000108. The van der Waals surface area contributed by atoms with Crippen LogP contribution in [0.4, 0.5) is 0 Å². The molecule has 3 rings (SSSR count). The first-order valence-electron chi connectivity index (χ1n) is 5.37. The molecule has 2 aliphatic heterocycles. The summed E-state index contributed by atoms with van der Waals surface area (Å²) in [7, 11) is 2.08. The van der Waals surface area contributed by atoms with E-state index in [-0.39, 0.29) is 19.5 Å². The number of nitrogens with zero attached hydrogens (tertiary/aromatic N) is 2. The Labute approximate surface area is 115 Å². The van der Waals surface area contributed by atoms with Gasteiger partial charge in [0.1, 0.15) is 0 Å². The summed E-state index contributed by atoms with van der Waals surface area (Å²) in [4.78, 5) is 4.30. The predicted molar refractivity (Wildman–Crippen MR) is 65.5 cm³/mol. The van der Waals surface area contributed by atoms with Gasteiger partial charge < -0.3 is 9.80 Å². The molecule has 0 N–H and O–H groups in total. The van der Waals surface area contributed by atoms with Gasteiger partial charge in [0.15, 0.2) is 0 Å². The van der Waals surface area contributed by atoms with E-state index in [1.165, 1.54) is 17.0 Å². The average Bonchev–Trinajstić information content (AvgIpc) is 2.66. The fraction of sp³-hybridized carbons (Fsp3) is 0.0714. The van der Waals surface area contributed by atoms with E-state index >= 15 is 0 Å². The van der Waals surface area contributed by atoms with E-state index in [4.69, 9.17) is 0 Å². The van der Waals surface area contributed by atoms with E-state index in [2.05, 4.69) is 66.1 Å². The van der Waals surface area contributed by atoms with Crippen LogP contribution in [0.1, 0.15) is 5.56 Å². The van der Waals surface area contributed by atoms with Gasteiger partial charge in [0.05, 0.1) is 0 Å². The molecule has 0 fully saturated rings. The second kappa shape index (κ2) is 4.89. The van der Waals surface area contributed by atoms with E-state index in [9.17, 15) is 0 Å². The summed E-state index contributed by atoms with van der Waals surface area (Å²) in [6, 6.07) is 10.5. The minimum atomic E-state index is 0. The molecule has 2 aliphatic rings. The number of hydrogen-bond donors (Lipinski definition) is 0. The molecule has 0 aliphatic carbocycles. The van der Waals surface area contributed by atoms with E-state index < -0.39 is 0 Å². The summed E-state index contributed by atoms with van der Waals surface area (Å²) in [5, 5.41) is 0. The first kappa shape index (κ1) is 12.1. The monoisotopic (exact) mass is 312 g/mol. The SMILES string of the molecule is CN1[CH-]N2C=CC=CC2=C1c1ccccc1.[Rh]. The van der Waals surface area contributed by atoms with Crippen LogP contribution in [-0.2, 0) is 19.5 Å². The van der Waals surface area contributed by atoms with Crippen molar-refractivity contribution in [1.82, 2.24) is 9.80 Å². The molecule has 0 bridgehead atoms. The van der Waals surface area contributed by atoms with Gasteiger partial charge in [-0.25, -0.2) is 0 Å². The largest absolute Gasteiger partial charge is 0.503 e. The van der Waals surface area contributed by atoms with Crippen molar-refractivity contribution in [3.05, 3.63) is 72.7 Å². The van der Waals surface area contributed by atoms with Crippen molar-refractivity contribution in [3.8, 4) is 0 Å². The van der Waals surface area contributed by atoms with Crippen molar-refractivity contribution in [3.63, 3.8) is 0 Å². The fourth-order valence-electron chi connectivity index (χ4n) is 2.13. The molecule has 0 aromatic heterocycles. The van der Waals surface area contributed by atoms with E-state index in [0.29, 0.717) is 0 Å². The third-order valence-corrected chi connectivity index (χ3v) is 2.83. The van der Waals surface area contributed by atoms with Crippen LogP contribution < -0.4 is 0 Å². The van der Waals surface area contributed by atoms with Gasteiger partial charge in [-0.05, 0) is 31.0 Å². The van der Waals surface area contributed by atoms with Crippen molar-refractivity contribution in [2.45, 2.75) is 0 Å². The van der Waals surface area contributed by atoms with Crippen molar-refractivity contribution in [2.75, 3.05) is 7.05 Å². The minimum Gasteiger partial charge on any atom is -0.503 e. The second-order valence-corrected chi connectivity index (χ2v) is 3.93. The van der Waals surface area contributed by atoms with Crippen molar-refractivity contribution >= 4 is 5.70 Å². The normalized spacial score (nSPS) is 17.2. The van der Waals surface area contributed by atoms with Gasteiger partial charge in [0.25, 0.3) is 0 Å². The summed E-state index contributed by atoms with van der Waals surface area (Å²) >= 11 is 0. The number of allylic oxidation sites excluding steroid dienone is 3. The third-order valence-electron chi connectivity index (χ3n) is 2.83. The van der Waals surface area contributed by atoms with Gasteiger partial charge in [-0.1, -0.05) is 36.4 Å². The van der Waals surface area contributed by atoms with Crippen LogP contribution in [-0.4, -0.2) is 16.8 Å². The van der Waals surface area contributed by atoms with Crippen LogP contribution in [0.25, 0.3) is 5.70 Å². The van der Waals surface area contributed by atoms with E-state index in [0.717, 1.165) is 0 Å². The van der Waals surface area contributed by atoms with E-state index in [1.54, 1.807) is 0 Å². The first-order valence-corrected chi connectivity index (χ1v) is 5.37. The van der Waals surface area contributed by atoms with Crippen molar-refractivity contribution in [2.24, 2.45) is 0 Å². The molecular weight excluding hydrogens is 299 g/mol. The molecule has 0 saturated heterocycles. The second-order valence-electron chi connectivity index (χ2n) is 3.93. The Morgan fingerprint density at radius 2 is 1.82 bits per heavy atom. The Morgan fingerprint density at radius 3 is 2.59 bits per heavy atom. The summed E-state index contributed by atoms with van der Waals surface area (Å²) in [6.07, 6.45) is 8.33. The van der Waals surface area contributed by atoms with Gasteiger partial charge in [-0.15, -0.1) is 0 Å². The summed E-state index contributed by atoms with van der Waals surface area (Å²) < 4.78 is 0. The molecule has 0 unspecified atom stereocenters. The predicted octanol–water partition coefficient (Wildman–Crippen LogP) is 2.80. The van der Waals surface area contributed by atoms with Gasteiger partial charge in [-0.3, -0.25) is 0 Å². The summed E-state index contributed by atoms with van der Waals surface area (Å²) in [5.41, 5.74) is 3.73. The molecule has 3 heteroatoms. The van der Waals surface area contributed by atoms with Gasteiger partial charge in [0.2, 0.25) is 0 Å². The molecule has 2 heterocycles. The molecule has 0 atom stereocenters. The molecule has 89 valence electrons. The van der Waals surface area contributed by atoms with Crippen LogP contribution in [0.3, 0.4) is 0 Å². The van der Waals surface area contributed by atoms with Crippen LogP contribution in [0, 0.1) is 6.67 Å². The summed E-state index contributed by atoms with van der Waals surface area (Å²) in [5.74, 6) is 0. The maximum Gasteiger partial charge on any atom is 0.0374 e. The zero-order valence-electron chi connectivity index (χ0n) is 9.50. The molecular formula is C14H13N2Rh-. The Morgan fingerprint density at radius 1 is 1.06 bits per heavy atom. The molecule has 0 amide bonds. The maximum atomic E-state index is 2.16. The standard InChI is InChI=1S/C14H13N2.Rh/c1-15-11-16-10-6-5-9-13(16)14(15)12-7-3-2-4-8-12;/h2-11H,1H3;/q-1;.